The lowest BCUT2D eigenvalue weighted by molar-refractivity contribution is 0.152. The van der Waals surface area contributed by atoms with Crippen molar-refractivity contribution in [2.45, 2.75) is 33.6 Å². The number of nitrogens with one attached hydrogen (secondary N) is 1. The van der Waals surface area contributed by atoms with E-state index >= 15 is 0 Å². The van der Waals surface area contributed by atoms with Gasteiger partial charge in [-0.25, -0.2) is 4.79 Å². The summed E-state index contributed by atoms with van der Waals surface area (Å²) >= 11 is 0. The van der Waals surface area contributed by atoms with Gasteiger partial charge < -0.3 is 10.1 Å². The van der Waals surface area contributed by atoms with Crippen molar-refractivity contribution in [3.63, 3.8) is 0 Å². The van der Waals surface area contributed by atoms with Gasteiger partial charge in [-0.1, -0.05) is 50.6 Å². The number of alkyl carbamates (subject to hydrolysis) is 1. The molecule has 0 heterocycles. The highest BCUT2D eigenvalue weighted by Gasteiger charge is 1.98. The molecule has 1 aromatic rings. The number of hydrogen-bond acceptors (Lipinski definition) is 2. The second-order valence-electron chi connectivity index (χ2n) is 3.59. The highest BCUT2D eigenvalue weighted by Crippen LogP contribution is 1.97. The fraction of sp³-hybridized carbons (Fsp3) is 0.500. The van der Waals surface area contributed by atoms with E-state index in [-0.39, 0.29) is 7.52 Å². The summed E-state index contributed by atoms with van der Waals surface area (Å²) in [6.45, 7) is 7.07. The molecule has 17 heavy (non-hydrogen) atoms. The molecule has 0 aliphatic carbocycles. The molecule has 1 rings (SSSR count). The van der Waals surface area contributed by atoms with Crippen LogP contribution in [0.1, 0.15) is 34.2 Å². The average Bonchev–Trinajstić information content (AvgIpc) is 2.32. The Morgan fingerprint density at radius 1 is 1.24 bits per heavy atom. The zero-order chi connectivity index (χ0) is 12.9. The Bertz CT molecular complexity index is 291. The number of ether oxygens (including phenoxy) is 1. The van der Waals surface area contributed by atoms with Crippen LogP contribution in [-0.2, 0) is 11.2 Å². The number of carbonyl (C=O) groups is 1. The molecule has 0 fully saturated rings. The van der Waals surface area contributed by atoms with Crippen LogP contribution in [0.25, 0.3) is 0 Å². The number of benzene rings is 1. The molecule has 98 valence electrons. The monoisotopic (exact) mass is 239 g/mol. The van der Waals surface area contributed by atoms with Gasteiger partial charge in [0.1, 0.15) is 0 Å². The molecule has 3 nitrogen and oxygen atoms in total. The summed E-state index contributed by atoms with van der Waals surface area (Å²) < 4.78 is 4.73. The first-order valence-corrected chi connectivity index (χ1v) is 6.19. The normalized spacial score (nSPS) is 8.88. The minimum atomic E-state index is -0.344. The quantitative estimate of drug-likeness (QED) is 0.871. The molecule has 0 aromatic heterocycles. The van der Waals surface area contributed by atoms with Crippen LogP contribution >= 0.6 is 0 Å². The summed E-state index contributed by atoms with van der Waals surface area (Å²) in [6, 6.07) is 10.0. The molecule has 0 saturated heterocycles. The first-order valence-electron chi connectivity index (χ1n) is 6.19. The van der Waals surface area contributed by atoms with Crippen molar-refractivity contribution >= 4 is 6.09 Å². The molecule has 0 spiro atoms. The van der Waals surface area contributed by atoms with Crippen molar-refractivity contribution in [3.8, 4) is 0 Å². The molecule has 0 aliphatic rings. The van der Waals surface area contributed by atoms with Crippen LogP contribution in [0.2, 0.25) is 0 Å². The Kier molecular flexibility index (Phi) is 10.0. The first kappa shape index (κ1) is 15.5. The maximum Gasteiger partial charge on any atom is 0.407 e. The summed E-state index contributed by atoms with van der Waals surface area (Å²) in [5.41, 5.74) is 1.21. The smallest absolute Gasteiger partial charge is 0.407 e. The maximum atomic E-state index is 10.9. The number of rotatable bonds is 4. The molecule has 0 saturated carbocycles. The van der Waals surface area contributed by atoms with Gasteiger partial charge in [0.25, 0.3) is 0 Å². The highest BCUT2D eigenvalue weighted by molar-refractivity contribution is 5.67. The molecule has 0 bridgehead atoms. The molecular formula is C14H25NO2. The molecule has 0 atom stereocenters. The zero-order valence-corrected chi connectivity index (χ0v) is 11.0. The molecule has 0 aliphatic heterocycles. The van der Waals surface area contributed by atoms with Crippen molar-refractivity contribution in [2.75, 3.05) is 13.2 Å². The summed E-state index contributed by atoms with van der Waals surface area (Å²) in [7, 11) is 0. The molecular weight excluding hydrogens is 214 g/mol. The van der Waals surface area contributed by atoms with E-state index in [0.29, 0.717) is 13.2 Å². The second-order valence-corrected chi connectivity index (χ2v) is 3.59. The summed E-state index contributed by atoms with van der Waals surface area (Å²) in [5, 5.41) is 2.67. The molecule has 1 amide bonds. The molecule has 0 unspecified atom stereocenters. The number of hydrogen-bond donors (Lipinski definition) is 1. The molecule has 0 radical (unpaired) electrons. The Labute approximate surface area is 106 Å². The Morgan fingerprint density at radius 3 is 2.35 bits per heavy atom. The van der Waals surface area contributed by atoms with E-state index in [2.05, 4.69) is 19.2 Å². The Morgan fingerprint density at radius 2 is 1.82 bits per heavy atom. The van der Waals surface area contributed by atoms with Crippen LogP contribution in [0, 0.1) is 0 Å². The Balaban J connectivity index is 0. The van der Waals surface area contributed by atoms with Gasteiger partial charge in [-0.05, 0) is 18.9 Å². The largest absolute Gasteiger partial charge is 0.450 e. The van der Waals surface area contributed by atoms with Gasteiger partial charge in [0, 0.05) is 7.97 Å². The predicted molar refractivity (Wildman–Crippen MR) is 73.2 cm³/mol. The third-order valence-corrected chi connectivity index (χ3v) is 1.80. The molecule has 1 N–H and O–H groups in total. The SMILES string of the molecule is CCC.CCOC(=O)NCCc1ccccc1.[HH]. The van der Waals surface area contributed by atoms with E-state index in [4.69, 9.17) is 4.74 Å². The van der Waals surface area contributed by atoms with Crippen LogP contribution in [0.15, 0.2) is 30.3 Å². The molecule has 3 heteroatoms. The average molecular weight is 239 g/mol. The van der Waals surface area contributed by atoms with Crippen molar-refractivity contribution in [2.24, 2.45) is 0 Å². The van der Waals surface area contributed by atoms with Gasteiger partial charge in [0.2, 0.25) is 0 Å². The number of amides is 1. The van der Waals surface area contributed by atoms with Gasteiger partial charge in [0.15, 0.2) is 0 Å². The summed E-state index contributed by atoms with van der Waals surface area (Å²) in [5.74, 6) is 0. The van der Waals surface area contributed by atoms with E-state index in [1.54, 1.807) is 6.92 Å². The minimum absolute atomic E-state index is 0. The van der Waals surface area contributed by atoms with E-state index in [1.807, 2.05) is 30.3 Å². The highest BCUT2D eigenvalue weighted by atomic mass is 16.5. The lowest BCUT2D eigenvalue weighted by Gasteiger charge is -2.04. The van der Waals surface area contributed by atoms with E-state index < -0.39 is 0 Å². The third-order valence-electron chi connectivity index (χ3n) is 1.80. The van der Waals surface area contributed by atoms with Crippen molar-refractivity contribution in [1.82, 2.24) is 5.32 Å². The lowest BCUT2D eigenvalue weighted by Crippen LogP contribution is -2.26. The predicted octanol–water partition coefficient (Wildman–Crippen LogP) is 3.64. The minimum Gasteiger partial charge on any atom is -0.450 e. The summed E-state index contributed by atoms with van der Waals surface area (Å²) in [4.78, 5) is 10.9. The van der Waals surface area contributed by atoms with E-state index in [1.165, 1.54) is 12.0 Å². The second kappa shape index (κ2) is 11.0. The maximum absolute atomic E-state index is 10.9. The van der Waals surface area contributed by atoms with Crippen LogP contribution in [0.3, 0.4) is 0 Å². The molecule has 1 aromatic carbocycles. The number of carbonyl (C=O) groups excluding carboxylic acids is 1. The first-order chi connectivity index (χ1) is 8.24. The van der Waals surface area contributed by atoms with Crippen LogP contribution in [0.5, 0.6) is 0 Å². The van der Waals surface area contributed by atoms with Gasteiger partial charge in [-0.15, -0.1) is 0 Å². The zero-order valence-electron chi connectivity index (χ0n) is 11.0. The van der Waals surface area contributed by atoms with E-state index in [9.17, 15) is 4.79 Å². The van der Waals surface area contributed by atoms with E-state index in [0.717, 1.165) is 6.42 Å². The summed E-state index contributed by atoms with van der Waals surface area (Å²) in [6.07, 6.45) is 1.74. The topological polar surface area (TPSA) is 38.3 Å². The van der Waals surface area contributed by atoms with Crippen molar-refractivity contribution in [1.29, 1.82) is 0 Å². The Hall–Kier alpha value is -1.51. The van der Waals surface area contributed by atoms with Crippen LogP contribution < -0.4 is 5.32 Å². The van der Waals surface area contributed by atoms with Crippen molar-refractivity contribution < 1.29 is 11.0 Å². The van der Waals surface area contributed by atoms with Gasteiger partial charge in [0.05, 0.1) is 6.61 Å². The van der Waals surface area contributed by atoms with Gasteiger partial charge >= 0.3 is 6.09 Å². The van der Waals surface area contributed by atoms with Crippen molar-refractivity contribution in [3.05, 3.63) is 35.9 Å². The van der Waals surface area contributed by atoms with Gasteiger partial charge in [-0.2, -0.15) is 0 Å². The van der Waals surface area contributed by atoms with Crippen LogP contribution in [-0.4, -0.2) is 19.2 Å². The standard InChI is InChI=1S/C11H15NO2.C3H8.H2/c1-2-14-11(13)12-9-8-10-6-4-3-5-7-10;1-3-2;/h3-7H,2,8-9H2,1H3,(H,12,13);3H2,1-2H3;1H. The van der Waals surface area contributed by atoms with Crippen LogP contribution in [0.4, 0.5) is 4.79 Å². The lowest BCUT2D eigenvalue weighted by atomic mass is 10.1. The van der Waals surface area contributed by atoms with Gasteiger partial charge in [-0.3, -0.25) is 0 Å². The fourth-order valence-electron chi connectivity index (χ4n) is 1.14. The third kappa shape index (κ3) is 9.42. The fourth-order valence-corrected chi connectivity index (χ4v) is 1.14.